The van der Waals surface area contributed by atoms with Crippen LogP contribution in [0, 0.1) is 0 Å². The first-order valence-electron chi connectivity index (χ1n) is 13.7. The Balaban J connectivity index is 1.91. The number of hydrogen-bond acceptors (Lipinski definition) is 1. The minimum atomic E-state index is -0.321. The quantitative estimate of drug-likeness (QED) is 0.0780. The first-order chi connectivity index (χ1) is 19.7. The van der Waals surface area contributed by atoms with E-state index in [9.17, 15) is 0 Å². The highest BCUT2D eigenvalue weighted by molar-refractivity contribution is 6.87. The average molecular weight is 516 g/mol. The molecule has 0 N–H and O–H groups in total. The fraction of sp³-hybridized carbons (Fsp3) is 0.0526. The molecule has 1 nitrogen and oxygen atoms in total. The summed E-state index contributed by atoms with van der Waals surface area (Å²) < 4.78 is 6.76. The van der Waals surface area contributed by atoms with Crippen LogP contribution in [0.25, 0.3) is 22.7 Å². The Morgan fingerprint density at radius 1 is 0.600 bits per heavy atom. The SMILES string of the molecule is C=C(C)COB(/C(=C(/C(=C/c1ccccc1)c1ccccc1)c1ccccc1)c1ccccc1)c1ccccc1. The molecule has 0 aliphatic carbocycles. The van der Waals surface area contributed by atoms with Crippen molar-refractivity contribution in [3.05, 3.63) is 186 Å². The monoisotopic (exact) mass is 516 g/mol. The lowest BCUT2D eigenvalue weighted by molar-refractivity contribution is 0.372. The van der Waals surface area contributed by atoms with Crippen molar-refractivity contribution >= 4 is 35.1 Å². The summed E-state index contributed by atoms with van der Waals surface area (Å²) in [5.41, 5.74) is 10.0. The molecule has 194 valence electrons. The fourth-order valence-corrected chi connectivity index (χ4v) is 4.94. The van der Waals surface area contributed by atoms with Gasteiger partial charge in [0.2, 0.25) is 0 Å². The number of rotatable bonds is 10. The van der Waals surface area contributed by atoms with Gasteiger partial charge in [0.1, 0.15) is 0 Å². The van der Waals surface area contributed by atoms with Crippen LogP contribution >= 0.6 is 0 Å². The summed E-state index contributed by atoms with van der Waals surface area (Å²) in [4.78, 5) is 0. The molecule has 0 unspecified atom stereocenters. The molecule has 0 radical (unpaired) electrons. The van der Waals surface area contributed by atoms with Crippen molar-refractivity contribution in [2.75, 3.05) is 6.61 Å². The van der Waals surface area contributed by atoms with Crippen LogP contribution in [0.2, 0.25) is 0 Å². The van der Waals surface area contributed by atoms with Crippen molar-refractivity contribution in [1.82, 2.24) is 0 Å². The molecular weight excluding hydrogens is 483 g/mol. The second-order valence-corrected chi connectivity index (χ2v) is 9.91. The van der Waals surface area contributed by atoms with Crippen molar-refractivity contribution in [2.24, 2.45) is 0 Å². The van der Waals surface area contributed by atoms with Crippen LogP contribution in [-0.2, 0) is 4.65 Å². The summed E-state index contributed by atoms with van der Waals surface area (Å²) in [5, 5.41) is 0. The van der Waals surface area contributed by atoms with E-state index < -0.39 is 0 Å². The van der Waals surface area contributed by atoms with Crippen LogP contribution in [0.4, 0.5) is 0 Å². The second-order valence-electron chi connectivity index (χ2n) is 9.91. The third kappa shape index (κ3) is 6.67. The maximum absolute atomic E-state index is 6.76. The fourth-order valence-electron chi connectivity index (χ4n) is 4.94. The lowest BCUT2D eigenvalue weighted by Crippen LogP contribution is -2.36. The van der Waals surface area contributed by atoms with Crippen molar-refractivity contribution in [3.63, 3.8) is 0 Å². The third-order valence-electron chi connectivity index (χ3n) is 6.74. The van der Waals surface area contributed by atoms with Gasteiger partial charge >= 0.3 is 6.92 Å². The van der Waals surface area contributed by atoms with Crippen LogP contribution in [0.5, 0.6) is 0 Å². The maximum Gasteiger partial charge on any atom is 0.363 e. The average Bonchev–Trinajstić information content (AvgIpc) is 3.02. The van der Waals surface area contributed by atoms with Gasteiger partial charge in [-0.1, -0.05) is 164 Å². The smallest absolute Gasteiger partial charge is 0.363 e. The number of benzene rings is 5. The molecule has 0 aliphatic rings. The molecule has 5 rings (SSSR count). The highest BCUT2D eigenvalue weighted by atomic mass is 16.4. The highest BCUT2D eigenvalue weighted by Gasteiger charge is 2.30. The Bertz CT molecular complexity index is 1570. The Labute approximate surface area is 238 Å². The van der Waals surface area contributed by atoms with E-state index in [0.717, 1.165) is 49.9 Å². The molecule has 0 saturated carbocycles. The van der Waals surface area contributed by atoms with Crippen molar-refractivity contribution < 1.29 is 4.65 Å². The lowest BCUT2D eigenvalue weighted by Gasteiger charge is -2.25. The minimum absolute atomic E-state index is 0.321. The molecule has 0 saturated heterocycles. The summed E-state index contributed by atoms with van der Waals surface area (Å²) in [6.45, 7) is 6.29. The number of allylic oxidation sites excluding steroid dienone is 2. The van der Waals surface area contributed by atoms with Gasteiger partial charge in [0.05, 0.1) is 6.61 Å². The van der Waals surface area contributed by atoms with Gasteiger partial charge in [0, 0.05) is 0 Å². The zero-order valence-electron chi connectivity index (χ0n) is 22.9. The zero-order chi connectivity index (χ0) is 27.6. The van der Waals surface area contributed by atoms with Gasteiger partial charge in [-0.2, -0.15) is 0 Å². The van der Waals surface area contributed by atoms with E-state index in [0.29, 0.717) is 6.61 Å². The standard InChI is InChI=1S/C38H33BO/c1-30(2)29-40-39(35-26-16-7-17-27-35)38(34-24-14-6-15-25-34)37(33-22-12-5-13-23-33)36(32-20-10-4-11-21-32)28-31-18-8-3-9-19-31/h3-28H,1,29H2,2H3/b36-28+,38-37+. The first-order valence-corrected chi connectivity index (χ1v) is 13.7. The topological polar surface area (TPSA) is 9.23 Å². The number of hydrogen-bond donors (Lipinski definition) is 0. The summed E-state index contributed by atoms with van der Waals surface area (Å²) in [6.07, 6.45) is 2.29. The van der Waals surface area contributed by atoms with Crippen LogP contribution in [-0.4, -0.2) is 13.5 Å². The van der Waals surface area contributed by atoms with E-state index in [4.69, 9.17) is 4.65 Å². The molecular formula is C38H33BO. The Morgan fingerprint density at radius 2 is 1.05 bits per heavy atom. The minimum Gasteiger partial charge on any atom is -0.423 e. The van der Waals surface area contributed by atoms with Gasteiger partial charge in [-0.3, -0.25) is 0 Å². The van der Waals surface area contributed by atoms with E-state index in [-0.39, 0.29) is 6.92 Å². The van der Waals surface area contributed by atoms with E-state index >= 15 is 0 Å². The molecule has 0 amide bonds. The molecule has 5 aromatic rings. The summed E-state index contributed by atoms with van der Waals surface area (Å²) in [7, 11) is 0. The van der Waals surface area contributed by atoms with Crippen molar-refractivity contribution in [2.45, 2.75) is 6.92 Å². The molecule has 0 spiro atoms. The predicted molar refractivity (Wildman–Crippen MR) is 173 cm³/mol. The molecule has 0 aliphatic heterocycles. The Kier molecular flexibility index (Phi) is 9.04. The van der Waals surface area contributed by atoms with E-state index in [1.54, 1.807) is 0 Å². The van der Waals surface area contributed by atoms with E-state index in [1.165, 1.54) is 0 Å². The summed E-state index contributed by atoms with van der Waals surface area (Å²) in [6, 6.07) is 53.0. The van der Waals surface area contributed by atoms with E-state index in [1.807, 2.05) is 13.0 Å². The molecule has 0 atom stereocenters. The maximum atomic E-state index is 6.76. The molecule has 0 fully saturated rings. The Hall–Kier alpha value is -4.66. The van der Waals surface area contributed by atoms with Crippen molar-refractivity contribution in [3.8, 4) is 0 Å². The normalized spacial score (nSPS) is 12.0. The summed E-state index contributed by atoms with van der Waals surface area (Å²) >= 11 is 0. The van der Waals surface area contributed by atoms with Crippen LogP contribution in [0.1, 0.15) is 29.2 Å². The van der Waals surface area contributed by atoms with Gasteiger partial charge in [0.15, 0.2) is 0 Å². The molecule has 40 heavy (non-hydrogen) atoms. The third-order valence-corrected chi connectivity index (χ3v) is 6.74. The molecule has 5 aromatic carbocycles. The molecule has 0 bridgehead atoms. The predicted octanol–water partition coefficient (Wildman–Crippen LogP) is 8.87. The van der Waals surface area contributed by atoms with Gasteiger partial charge in [-0.25, -0.2) is 0 Å². The lowest BCUT2D eigenvalue weighted by atomic mass is 9.50. The molecule has 0 aromatic heterocycles. The Morgan fingerprint density at radius 3 is 1.57 bits per heavy atom. The van der Waals surface area contributed by atoms with Gasteiger partial charge in [-0.05, 0) is 57.3 Å². The van der Waals surface area contributed by atoms with E-state index in [2.05, 4.69) is 158 Å². The van der Waals surface area contributed by atoms with Gasteiger partial charge in [0.25, 0.3) is 0 Å². The second kappa shape index (κ2) is 13.4. The van der Waals surface area contributed by atoms with Gasteiger partial charge < -0.3 is 4.65 Å². The zero-order valence-corrected chi connectivity index (χ0v) is 22.9. The van der Waals surface area contributed by atoms with Crippen molar-refractivity contribution in [1.29, 1.82) is 0 Å². The highest BCUT2D eigenvalue weighted by Crippen LogP contribution is 2.40. The largest absolute Gasteiger partial charge is 0.423 e. The van der Waals surface area contributed by atoms with Crippen LogP contribution in [0.15, 0.2) is 164 Å². The summed E-state index contributed by atoms with van der Waals surface area (Å²) in [5.74, 6) is 0. The van der Waals surface area contributed by atoms with Gasteiger partial charge in [-0.15, -0.1) is 0 Å². The van der Waals surface area contributed by atoms with Crippen LogP contribution in [0.3, 0.4) is 0 Å². The van der Waals surface area contributed by atoms with Crippen LogP contribution < -0.4 is 5.46 Å². The molecule has 2 heteroatoms. The first kappa shape index (κ1) is 26.9. The molecule has 0 heterocycles.